The third-order valence-electron chi connectivity index (χ3n) is 3.31. The number of nitrogens with zero attached hydrogens (tertiary/aromatic N) is 1. The van der Waals surface area contributed by atoms with Crippen LogP contribution >= 0.6 is 0 Å². The number of methoxy groups -OCH3 is 1. The Hall–Kier alpha value is -3.02. The molecule has 1 aromatic carbocycles. The Kier molecular flexibility index (Phi) is 4.14. The number of hydrogen-bond acceptors (Lipinski definition) is 5. The summed E-state index contributed by atoms with van der Waals surface area (Å²) in [5.41, 5.74) is 1.54. The molecule has 3 aromatic rings. The molecule has 0 spiro atoms. The summed E-state index contributed by atoms with van der Waals surface area (Å²) in [4.78, 5) is 12.1. The minimum atomic E-state index is -0.301. The predicted octanol–water partition coefficient (Wildman–Crippen LogP) is 3.18. The van der Waals surface area contributed by atoms with Crippen molar-refractivity contribution in [1.29, 1.82) is 0 Å². The summed E-state index contributed by atoms with van der Waals surface area (Å²) in [5.74, 6) is 2.03. The van der Waals surface area contributed by atoms with Gasteiger partial charge in [0, 0.05) is 11.6 Å². The Labute approximate surface area is 133 Å². The number of aryl methyl sites for hydroxylation is 1. The standard InChI is InChI=1S/C17H16N2O4/c1-11-9-13(19-23-11)10-18-17(20)16-8-7-15(22-16)12-3-5-14(21-2)6-4-12/h3-9H,10H2,1-2H3,(H,18,20). The zero-order chi connectivity index (χ0) is 16.2. The van der Waals surface area contributed by atoms with Gasteiger partial charge in [0.25, 0.3) is 5.91 Å². The van der Waals surface area contributed by atoms with Gasteiger partial charge in [0.05, 0.1) is 13.7 Å². The first-order valence-corrected chi connectivity index (χ1v) is 7.10. The van der Waals surface area contributed by atoms with Crippen molar-refractivity contribution in [3.8, 4) is 17.1 Å². The van der Waals surface area contributed by atoms with Crippen LogP contribution in [0.1, 0.15) is 22.0 Å². The average Bonchev–Trinajstić information content (AvgIpc) is 3.22. The van der Waals surface area contributed by atoms with Crippen molar-refractivity contribution in [2.75, 3.05) is 7.11 Å². The number of ether oxygens (including phenoxy) is 1. The molecule has 0 aliphatic carbocycles. The topological polar surface area (TPSA) is 77.5 Å². The molecule has 1 N–H and O–H groups in total. The Morgan fingerprint density at radius 3 is 2.65 bits per heavy atom. The number of carbonyl (C=O) groups excluding carboxylic acids is 1. The molecule has 1 amide bonds. The summed E-state index contributed by atoms with van der Waals surface area (Å²) >= 11 is 0. The molecule has 0 bridgehead atoms. The van der Waals surface area contributed by atoms with Crippen LogP contribution in [0.15, 0.2) is 51.4 Å². The molecular weight excluding hydrogens is 296 g/mol. The van der Waals surface area contributed by atoms with Gasteiger partial charge >= 0.3 is 0 Å². The maximum Gasteiger partial charge on any atom is 0.287 e. The van der Waals surface area contributed by atoms with E-state index in [1.54, 1.807) is 32.2 Å². The second-order valence-corrected chi connectivity index (χ2v) is 5.00. The lowest BCUT2D eigenvalue weighted by molar-refractivity contribution is 0.0923. The summed E-state index contributed by atoms with van der Waals surface area (Å²) in [6.07, 6.45) is 0. The molecule has 3 rings (SSSR count). The third kappa shape index (κ3) is 3.42. The fourth-order valence-corrected chi connectivity index (χ4v) is 2.13. The first kappa shape index (κ1) is 14.9. The molecule has 0 unspecified atom stereocenters. The molecule has 0 saturated heterocycles. The van der Waals surface area contributed by atoms with Crippen molar-refractivity contribution in [3.05, 3.63) is 59.7 Å². The number of carbonyl (C=O) groups is 1. The quantitative estimate of drug-likeness (QED) is 0.783. The van der Waals surface area contributed by atoms with E-state index in [-0.39, 0.29) is 18.2 Å². The van der Waals surface area contributed by atoms with Gasteiger partial charge in [-0.15, -0.1) is 0 Å². The first-order valence-electron chi connectivity index (χ1n) is 7.10. The zero-order valence-corrected chi connectivity index (χ0v) is 12.8. The van der Waals surface area contributed by atoms with E-state index in [0.29, 0.717) is 17.2 Å². The summed E-state index contributed by atoms with van der Waals surface area (Å²) in [6.45, 7) is 2.08. The summed E-state index contributed by atoms with van der Waals surface area (Å²) in [5, 5.41) is 6.55. The molecule has 23 heavy (non-hydrogen) atoms. The monoisotopic (exact) mass is 312 g/mol. The second-order valence-electron chi connectivity index (χ2n) is 5.00. The minimum Gasteiger partial charge on any atom is -0.497 e. The molecule has 2 aromatic heterocycles. The number of nitrogens with one attached hydrogen (secondary N) is 1. The van der Waals surface area contributed by atoms with Gasteiger partial charge in [0.15, 0.2) is 5.76 Å². The maximum atomic E-state index is 12.1. The van der Waals surface area contributed by atoms with Gasteiger partial charge in [-0.2, -0.15) is 0 Å². The summed E-state index contributed by atoms with van der Waals surface area (Å²) in [7, 11) is 1.61. The zero-order valence-electron chi connectivity index (χ0n) is 12.8. The molecule has 6 nitrogen and oxygen atoms in total. The van der Waals surface area contributed by atoms with Gasteiger partial charge < -0.3 is 19.0 Å². The molecule has 6 heteroatoms. The number of hydrogen-bond donors (Lipinski definition) is 1. The SMILES string of the molecule is COc1ccc(-c2ccc(C(=O)NCc3cc(C)on3)o2)cc1. The lowest BCUT2D eigenvalue weighted by Gasteiger charge is -2.01. The van der Waals surface area contributed by atoms with E-state index in [4.69, 9.17) is 13.7 Å². The Balaban J connectivity index is 1.66. The van der Waals surface area contributed by atoms with Crippen molar-refractivity contribution >= 4 is 5.91 Å². The fourth-order valence-electron chi connectivity index (χ4n) is 2.13. The smallest absolute Gasteiger partial charge is 0.287 e. The second kappa shape index (κ2) is 6.39. The largest absolute Gasteiger partial charge is 0.497 e. The Bertz CT molecular complexity index is 802. The van der Waals surface area contributed by atoms with Crippen LogP contribution < -0.4 is 10.1 Å². The molecule has 0 aliphatic heterocycles. The molecular formula is C17H16N2O4. The molecule has 0 saturated carbocycles. The van der Waals surface area contributed by atoms with Crippen LogP contribution in [0.25, 0.3) is 11.3 Å². The fraction of sp³-hybridized carbons (Fsp3) is 0.176. The van der Waals surface area contributed by atoms with E-state index in [1.807, 2.05) is 24.3 Å². The highest BCUT2D eigenvalue weighted by Gasteiger charge is 2.13. The highest BCUT2D eigenvalue weighted by molar-refractivity contribution is 5.92. The van der Waals surface area contributed by atoms with Crippen molar-refractivity contribution in [2.24, 2.45) is 0 Å². The van der Waals surface area contributed by atoms with E-state index in [0.717, 1.165) is 11.3 Å². The number of amides is 1. The molecule has 0 radical (unpaired) electrons. The van der Waals surface area contributed by atoms with E-state index < -0.39 is 0 Å². The van der Waals surface area contributed by atoms with Crippen LogP contribution in [0.4, 0.5) is 0 Å². The average molecular weight is 312 g/mol. The Morgan fingerprint density at radius 1 is 1.22 bits per heavy atom. The predicted molar refractivity (Wildman–Crippen MR) is 83.1 cm³/mol. The molecule has 2 heterocycles. The lowest BCUT2D eigenvalue weighted by Crippen LogP contribution is -2.22. The summed E-state index contributed by atoms with van der Waals surface area (Å²) < 4.78 is 15.7. The minimum absolute atomic E-state index is 0.246. The van der Waals surface area contributed by atoms with Gasteiger partial charge in [-0.05, 0) is 43.3 Å². The van der Waals surface area contributed by atoms with Gasteiger partial charge in [0.2, 0.25) is 0 Å². The number of benzene rings is 1. The van der Waals surface area contributed by atoms with Gasteiger partial charge in [-0.25, -0.2) is 0 Å². The highest BCUT2D eigenvalue weighted by Crippen LogP contribution is 2.24. The third-order valence-corrected chi connectivity index (χ3v) is 3.31. The van der Waals surface area contributed by atoms with Gasteiger partial charge in [-0.1, -0.05) is 5.16 Å². The molecule has 0 atom stereocenters. The highest BCUT2D eigenvalue weighted by atomic mass is 16.5. The summed E-state index contributed by atoms with van der Waals surface area (Å²) in [6, 6.07) is 12.6. The molecule has 0 fully saturated rings. The normalized spacial score (nSPS) is 10.5. The van der Waals surface area contributed by atoms with Crippen molar-refractivity contribution in [2.45, 2.75) is 13.5 Å². The number of aromatic nitrogens is 1. The number of rotatable bonds is 5. The van der Waals surface area contributed by atoms with Crippen LogP contribution in [0.5, 0.6) is 5.75 Å². The number of furan rings is 1. The van der Waals surface area contributed by atoms with Crippen LogP contribution in [0.2, 0.25) is 0 Å². The van der Waals surface area contributed by atoms with Crippen LogP contribution in [0.3, 0.4) is 0 Å². The van der Waals surface area contributed by atoms with E-state index in [9.17, 15) is 4.79 Å². The lowest BCUT2D eigenvalue weighted by atomic mass is 10.2. The van der Waals surface area contributed by atoms with Gasteiger partial charge in [0.1, 0.15) is 23.0 Å². The maximum absolute atomic E-state index is 12.1. The van der Waals surface area contributed by atoms with Crippen LogP contribution in [-0.4, -0.2) is 18.2 Å². The molecule has 118 valence electrons. The molecule has 0 aliphatic rings. The van der Waals surface area contributed by atoms with E-state index in [2.05, 4.69) is 10.5 Å². The van der Waals surface area contributed by atoms with Crippen molar-refractivity contribution in [1.82, 2.24) is 10.5 Å². The Morgan fingerprint density at radius 2 is 2.00 bits per heavy atom. The first-order chi connectivity index (χ1) is 11.2. The van der Waals surface area contributed by atoms with E-state index >= 15 is 0 Å². The van der Waals surface area contributed by atoms with Crippen molar-refractivity contribution < 1.29 is 18.5 Å². The van der Waals surface area contributed by atoms with Crippen molar-refractivity contribution in [3.63, 3.8) is 0 Å². The van der Waals surface area contributed by atoms with Crippen LogP contribution in [0, 0.1) is 6.92 Å². The van der Waals surface area contributed by atoms with E-state index in [1.165, 1.54) is 0 Å². The van der Waals surface area contributed by atoms with Crippen LogP contribution in [-0.2, 0) is 6.54 Å². The van der Waals surface area contributed by atoms with Gasteiger partial charge in [-0.3, -0.25) is 4.79 Å².